The van der Waals surface area contributed by atoms with Crippen molar-refractivity contribution in [1.29, 1.82) is 0 Å². The molecule has 0 saturated carbocycles. The van der Waals surface area contributed by atoms with Crippen LogP contribution in [0.4, 0.5) is 0 Å². The molecule has 0 radical (unpaired) electrons. The Labute approximate surface area is 103 Å². The molecular formula is C13H23NO3. The highest BCUT2D eigenvalue weighted by Crippen LogP contribution is 2.15. The van der Waals surface area contributed by atoms with Crippen molar-refractivity contribution in [1.82, 2.24) is 5.32 Å². The summed E-state index contributed by atoms with van der Waals surface area (Å²) in [6, 6.07) is 1.95. The number of hydrogen-bond acceptors (Lipinski definition) is 4. The summed E-state index contributed by atoms with van der Waals surface area (Å²) in [6.07, 6.45) is 2.58. The van der Waals surface area contributed by atoms with E-state index in [2.05, 4.69) is 19.2 Å². The van der Waals surface area contributed by atoms with Crippen molar-refractivity contribution in [2.45, 2.75) is 39.0 Å². The van der Waals surface area contributed by atoms with Crippen molar-refractivity contribution in [3.05, 3.63) is 23.7 Å². The van der Waals surface area contributed by atoms with Gasteiger partial charge in [-0.2, -0.15) is 0 Å². The second kappa shape index (κ2) is 6.79. The summed E-state index contributed by atoms with van der Waals surface area (Å²) in [7, 11) is 3.62. The molecule has 0 amide bonds. The molecule has 0 aromatic carbocycles. The van der Waals surface area contributed by atoms with E-state index in [1.54, 1.807) is 13.4 Å². The first-order valence-corrected chi connectivity index (χ1v) is 5.92. The van der Waals surface area contributed by atoms with Gasteiger partial charge in [-0.3, -0.25) is 0 Å². The molecule has 0 fully saturated rings. The summed E-state index contributed by atoms with van der Waals surface area (Å²) >= 11 is 0. The van der Waals surface area contributed by atoms with Crippen LogP contribution in [-0.4, -0.2) is 26.4 Å². The zero-order valence-electron chi connectivity index (χ0n) is 11.2. The molecule has 0 saturated heterocycles. The summed E-state index contributed by atoms with van der Waals surface area (Å²) < 4.78 is 16.3. The average molecular weight is 241 g/mol. The van der Waals surface area contributed by atoms with Crippen molar-refractivity contribution in [3.8, 4) is 0 Å². The lowest BCUT2D eigenvalue weighted by Crippen LogP contribution is -2.24. The Morgan fingerprint density at radius 3 is 2.82 bits per heavy atom. The molecule has 0 atom stereocenters. The van der Waals surface area contributed by atoms with Gasteiger partial charge in [0.25, 0.3) is 0 Å². The first kappa shape index (κ1) is 14.2. The van der Waals surface area contributed by atoms with E-state index in [0.29, 0.717) is 13.2 Å². The summed E-state index contributed by atoms with van der Waals surface area (Å²) in [5.74, 6) is 0.943. The summed E-state index contributed by atoms with van der Waals surface area (Å²) in [4.78, 5) is 0. The Kier molecular flexibility index (Phi) is 5.68. The van der Waals surface area contributed by atoms with E-state index in [-0.39, 0.29) is 5.60 Å². The van der Waals surface area contributed by atoms with Crippen molar-refractivity contribution in [2.75, 3.05) is 20.8 Å². The van der Waals surface area contributed by atoms with E-state index in [1.165, 1.54) is 0 Å². The maximum Gasteiger partial charge on any atom is 0.123 e. The van der Waals surface area contributed by atoms with Gasteiger partial charge in [-0.05, 0) is 33.4 Å². The summed E-state index contributed by atoms with van der Waals surface area (Å²) in [6.45, 7) is 6.12. The SMILES string of the molecule is CNCc1occc1COCCC(C)(C)OC. The fraction of sp³-hybridized carbons (Fsp3) is 0.692. The van der Waals surface area contributed by atoms with E-state index < -0.39 is 0 Å². The van der Waals surface area contributed by atoms with Crippen LogP contribution in [0.25, 0.3) is 0 Å². The number of ether oxygens (including phenoxy) is 2. The number of furan rings is 1. The molecule has 0 bridgehead atoms. The van der Waals surface area contributed by atoms with Crippen LogP contribution in [0.15, 0.2) is 16.7 Å². The topological polar surface area (TPSA) is 43.6 Å². The standard InChI is InChI=1S/C13H23NO3/c1-13(2,15-4)6-8-16-10-11-5-7-17-12(11)9-14-3/h5,7,14H,6,8-10H2,1-4H3. The third-order valence-electron chi connectivity index (χ3n) is 2.83. The van der Waals surface area contributed by atoms with Gasteiger partial charge in [0.15, 0.2) is 0 Å². The molecule has 1 aromatic rings. The Bertz CT molecular complexity index is 320. The lowest BCUT2D eigenvalue weighted by Gasteiger charge is -2.22. The molecule has 0 unspecified atom stereocenters. The zero-order chi connectivity index (χ0) is 12.7. The van der Waals surface area contributed by atoms with E-state index >= 15 is 0 Å². The molecule has 0 aliphatic heterocycles. The molecule has 0 aliphatic rings. The largest absolute Gasteiger partial charge is 0.468 e. The number of rotatable bonds is 8. The van der Waals surface area contributed by atoms with Crippen molar-refractivity contribution >= 4 is 0 Å². The third-order valence-corrected chi connectivity index (χ3v) is 2.83. The van der Waals surface area contributed by atoms with Gasteiger partial charge in [0.1, 0.15) is 5.76 Å². The number of nitrogens with one attached hydrogen (secondary N) is 1. The Balaban J connectivity index is 2.28. The monoisotopic (exact) mass is 241 g/mol. The zero-order valence-corrected chi connectivity index (χ0v) is 11.2. The smallest absolute Gasteiger partial charge is 0.123 e. The van der Waals surface area contributed by atoms with Gasteiger partial charge in [0, 0.05) is 19.3 Å². The van der Waals surface area contributed by atoms with E-state index in [1.807, 2.05) is 13.1 Å². The van der Waals surface area contributed by atoms with Crippen LogP contribution in [0, 0.1) is 0 Å². The second-order valence-electron chi connectivity index (χ2n) is 4.67. The molecule has 1 rings (SSSR count). The van der Waals surface area contributed by atoms with Gasteiger partial charge in [-0.25, -0.2) is 0 Å². The lowest BCUT2D eigenvalue weighted by molar-refractivity contribution is -0.0125. The highest BCUT2D eigenvalue weighted by atomic mass is 16.5. The number of hydrogen-bond donors (Lipinski definition) is 1. The Morgan fingerprint density at radius 1 is 1.41 bits per heavy atom. The first-order valence-electron chi connectivity index (χ1n) is 5.92. The minimum Gasteiger partial charge on any atom is -0.468 e. The van der Waals surface area contributed by atoms with Gasteiger partial charge in [0.2, 0.25) is 0 Å². The fourth-order valence-electron chi connectivity index (χ4n) is 1.41. The molecule has 1 heterocycles. The molecule has 1 aromatic heterocycles. The number of methoxy groups -OCH3 is 1. The van der Waals surface area contributed by atoms with Crippen LogP contribution >= 0.6 is 0 Å². The van der Waals surface area contributed by atoms with Gasteiger partial charge in [-0.15, -0.1) is 0 Å². The highest BCUT2D eigenvalue weighted by Gasteiger charge is 2.15. The maximum absolute atomic E-state index is 5.63. The van der Waals surface area contributed by atoms with Crippen LogP contribution < -0.4 is 5.32 Å². The summed E-state index contributed by atoms with van der Waals surface area (Å²) in [5, 5.41) is 3.06. The molecular weight excluding hydrogens is 218 g/mol. The van der Waals surface area contributed by atoms with Crippen LogP contribution in [0.3, 0.4) is 0 Å². The minimum atomic E-state index is -0.121. The molecule has 4 heteroatoms. The minimum absolute atomic E-state index is 0.121. The lowest BCUT2D eigenvalue weighted by atomic mass is 10.1. The third kappa shape index (κ3) is 4.89. The molecule has 98 valence electrons. The van der Waals surface area contributed by atoms with Gasteiger partial charge < -0.3 is 19.2 Å². The van der Waals surface area contributed by atoms with Crippen LogP contribution in [0.2, 0.25) is 0 Å². The van der Waals surface area contributed by atoms with Crippen molar-refractivity contribution < 1.29 is 13.9 Å². The van der Waals surface area contributed by atoms with Gasteiger partial charge in [0.05, 0.1) is 25.0 Å². The van der Waals surface area contributed by atoms with Gasteiger partial charge in [-0.1, -0.05) is 0 Å². The van der Waals surface area contributed by atoms with Gasteiger partial charge >= 0.3 is 0 Å². The van der Waals surface area contributed by atoms with Crippen molar-refractivity contribution in [3.63, 3.8) is 0 Å². The van der Waals surface area contributed by atoms with E-state index in [4.69, 9.17) is 13.9 Å². The molecule has 0 aliphatic carbocycles. The highest BCUT2D eigenvalue weighted by molar-refractivity contribution is 5.15. The van der Waals surface area contributed by atoms with Crippen molar-refractivity contribution in [2.24, 2.45) is 0 Å². The molecule has 1 N–H and O–H groups in total. The predicted octanol–water partition coefficient (Wildman–Crippen LogP) is 2.33. The maximum atomic E-state index is 5.63. The van der Waals surface area contributed by atoms with E-state index in [9.17, 15) is 0 Å². The predicted molar refractivity (Wildman–Crippen MR) is 66.8 cm³/mol. The molecule has 4 nitrogen and oxygen atoms in total. The normalized spacial score (nSPS) is 12.0. The van der Waals surface area contributed by atoms with Crippen LogP contribution in [0.1, 0.15) is 31.6 Å². The fourth-order valence-corrected chi connectivity index (χ4v) is 1.41. The van der Waals surface area contributed by atoms with Crippen LogP contribution in [-0.2, 0) is 22.6 Å². The average Bonchev–Trinajstić information content (AvgIpc) is 2.73. The first-order chi connectivity index (χ1) is 8.09. The Hall–Kier alpha value is -0.840. The second-order valence-corrected chi connectivity index (χ2v) is 4.67. The summed E-state index contributed by atoms with van der Waals surface area (Å²) in [5.41, 5.74) is 0.985. The Morgan fingerprint density at radius 2 is 2.18 bits per heavy atom. The van der Waals surface area contributed by atoms with E-state index in [0.717, 1.165) is 24.3 Å². The van der Waals surface area contributed by atoms with Crippen LogP contribution in [0.5, 0.6) is 0 Å². The molecule has 17 heavy (non-hydrogen) atoms. The molecule has 0 spiro atoms. The quantitative estimate of drug-likeness (QED) is 0.709.